The van der Waals surface area contributed by atoms with E-state index in [-0.39, 0.29) is 5.91 Å². The first-order valence-corrected chi connectivity index (χ1v) is 7.09. The first-order chi connectivity index (χ1) is 10.1. The van der Waals surface area contributed by atoms with Gasteiger partial charge in [-0.05, 0) is 49.2 Å². The number of rotatable bonds is 5. The Morgan fingerprint density at radius 2 is 2.05 bits per heavy atom. The van der Waals surface area contributed by atoms with Crippen LogP contribution in [-0.4, -0.2) is 17.5 Å². The maximum atomic E-state index is 12.2. The summed E-state index contributed by atoms with van der Waals surface area (Å²) in [5.74, 6) is 0.441. The van der Waals surface area contributed by atoms with E-state index in [9.17, 15) is 4.79 Å². The van der Waals surface area contributed by atoms with Crippen molar-refractivity contribution in [2.45, 2.75) is 20.4 Å². The van der Waals surface area contributed by atoms with E-state index in [0.717, 1.165) is 11.1 Å². The average Bonchev–Trinajstić information content (AvgIpc) is 2.49. The van der Waals surface area contributed by atoms with Crippen LogP contribution in [0, 0.1) is 6.92 Å². The highest BCUT2D eigenvalue weighted by molar-refractivity contribution is 6.32. The second kappa shape index (κ2) is 7.09. The second-order valence-corrected chi connectivity index (χ2v) is 4.98. The molecule has 1 heterocycles. The SMILES string of the molecule is CCOc1cc(C)c(C(=O)NCc2ccncc2)cc1Cl. The van der Waals surface area contributed by atoms with Crippen LogP contribution in [0.4, 0.5) is 0 Å². The van der Waals surface area contributed by atoms with Crippen LogP contribution in [0.5, 0.6) is 5.75 Å². The van der Waals surface area contributed by atoms with E-state index in [1.807, 2.05) is 26.0 Å². The Morgan fingerprint density at radius 3 is 2.71 bits per heavy atom. The number of amides is 1. The number of halogens is 1. The molecule has 0 atom stereocenters. The van der Waals surface area contributed by atoms with E-state index < -0.39 is 0 Å². The van der Waals surface area contributed by atoms with Crippen LogP contribution in [0.2, 0.25) is 5.02 Å². The minimum Gasteiger partial charge on any atom is -0.492 e. The van der Waals surface area contributed by atoms with Crippen LogP contribution in [0.3, 0.4) is 0 Å². The average molecular weight is 305 g/mol. The lowest BCUT2D eigenvalue weighted by atomic mass is 10.1. The summed E-state index contributed by atoms with van der Waals surface area (Å²) >= 11 is 6.13. The molecule has 2 rings (SSSR count). The Kier molecular flexibility index (Phi) is 5.17. The van der Waals surface area contributed by atoms with Crippen molar-refractivity contribution in [1.82, 2.24) is 10.3 Å². The molecule has 0 aliphatic rings. The monoisotopic (exact) mass is 304 g/mol. The number of nitrogens with one attached hydrogen (secondary N) is 1. The van der Waals surface area contributed by atoms with Crippen molar-refractivity contribution in [3.8, 4) is 5.75 Å². The van der Waals surface area contributed by atoms with Crippen molar-refractivity contribution < 1.29 is 9.53 Å². The lowest BCUT2D eigenvalue weighted by molar-refractivity contribution is 0.0950. The van der Waals surface area contributed by atoms with Gasteiger partial charge in [-0.25, -0.2) is 0 Å². The number of aromatic nitrogens is 1. The number of carbonyl (C=O) groups is 1. The lowest BCUT2D eigenvalue weighted by Gasteiger charge is -2.11. The van der Waals surface area contributed by atoms with Gasteiger partial charge in [0.15, 0.2) is 0 Å². The zero-order valence-corrected chi connectivity index (χ0v) is 12.8. The highest BCUT2D eigenvalue weighted by Crippen LogP contribution is 2.28. The van der Waals surface area contributed by atoms with Crippen LogP contribution in [0.1, 0.15) is 28.4 Å². The summed E-state index contributed by atoms with van der Waals surface area (Å²) in [7, 11) is 0. The minimum atomic E-state index is -0.158. The van der Waals surface area contributed by atoms with Crippen LogP contribution < -0.4 is 10.1 Å². The van der Waals surface area contributed by atoms with Gasteiger partial charge < -0.3 is 10.1 Å². The summed E-state index contributed by atoms with van der Waals surface area (Å²) in [5.41, 5.74) is 2.38. The van der Waals surface area contributed by atoms with Crippen molar-refractivity contribution >= 4 is 17.5 Å². The van der Waals surface area contributed by atoms with Crippen LogP contribution in [0.25, 0.3) is 0 Å². The molecule has 0 fully saturated rings. The fraction of sp³-hybridized carbons (Fsp3) is 0.250. The summed E-state index contributed by atoms with van der Waals surface area (Å²) in [6, 6.07) is 7.15. The molecule has 0 radical (unpaired) electrons. The molecule has 110 valence electrons. The third-order valence-electron chi connectivity index (χ3n) is 3.03. The van der Waals surface area contributed by atoms with E-state index in [4.69, 9.17) is 16.3 Å². The molecule has 1 aromatic heterocycles. The quantitative estimate of drug-likeness (QED) is 0.921. The summed E-state index contributed by atoms with van der Waals surface area (Å²) in [6.45, 7) is 4.74. The topological polar surface area (TPSA) is 51.2 Å². The third-order valence-corrected chi connectivity index (χ3v) is 3.32. The Hall–Kier alpha value is -2.07. The first kappa shape index (κ1) is 15.3. The van der Waals surface area contributed by atoms with Crippen LogP contribution in [-0.2, 0) is 6.54 Å². The largest absolute Gasteiger partial charge is 0.492 e. The maximum Gasteiger partial charge on any atom is 0.251 e. The van der Waals surface area contributed by atoms with Gasteiger partial charge in [-0.2, -0.15) is 0 Å². The number of hydrogen-bond donors (Lipinski definition) is 1. The van der Waals surface area contributed by atoms with Gasteiger partial charge in [-0.1, -0.05) is 11.6 Å². The Balaban J connectivity index is 2.10. The molecule has 4 nitrogen and oxygen atoms in total. The molecule has 0 aliphatic heterocycles. The summed E-state index contributed by atoms with van der Waals surface area (Å²) in [5, 5.41) is 3.31. The number of benzene rings is 1. The van der Waals surface area contributed by atoms with Gasteiger partial charge in [0.1, 0.15) is 5.75 Å². The van der Waals surface area contributed by atoms with E-state index >= 15 is 0 Å². The molecule has 0 aliphatic carbocycles. The normalized spacial score (nSPS) is 10.2. The molecule has 0 bridgehead atoms. The predicted molar refractivity (Wildman–Crippen MR) is 82.8 cm³/mol. The second-order valence-electron chi connectivity index (χ2n) is 4.57. The molecular formula is C16H17ClN2O2. The predicted octanol–water partition coefficient (Wildman–Crippen LogP) is 3.37. The number of ether oxygens (including phenoxy) is 1. The molecule has 1 aromatic carbocycles. The van der Waals surface area contributed by atoms with Crippen LogP contribution in [0.15, 0.2) is 36.7 Å². The molecule has 0 unspecified atom stereocenters. The number of hydrogen-bond acceptors (Lipinski definition) is 3. The molecule has 2 aromatic rings. The standard InChI is InChI=1S/C16H17ClN2O2/c1-3-21-15-8-11(2)13(9-14(15)17)16(20)19-10-12-4-6-18-7-5-12/h4-9H,3,10H2,1-2H3,(H,19,20). The lowest BCUT2D eigenvalue weighted by Crippen LogP contribution is -2.23. The highest BCUT2D eigenvalue weighted by Gasteiger charge is 2.13. The van der Waals surface area contributed by atoms with Gasteiger partial charge in [0.25, 0.3) is 5.91 Å². The Bertz CT molecular complexity index is 630. The van der Waals surface area contributed by atoms with Crippen molar-refractivity contribution in [2.24, 2.45) is 0 Å². The van der Waals surface area contributed by atoms with Crippen molar-refractivity contribution in [3.05, 3.63) is 58.4 Å². The van der Waals surface area contributed by atoms with Gasteiger partial charge in [0.2, 0.25) is 0 Å². The number of nitrogens with zero attached hydrogens (tertiary/aromatic N) is 1. The number of aryl methyl sites for hydroxylation is 1. The van der Waals surface area contributed by atoms with E-state index in [1.165, 1.54) is 0 Å². The Morgan fingerprint density at radius 1 is 1.33 bits per heavy atom. The van der Waals surface area contributed by atoms with E-state index in [0.29, 0.717) is 29.5 Å². The molecule has 0 saturated carbocycles. The fourth-order valence-electron chi connectivity index (χ4n) is 1.94. The smallest absolute Gasteiger partial charge is 0.251 e. The Labute approximate surface area is 129 Å². The van der Waals surface area contributed by atoms with Crippen LogP contribution >= 0.6 is 11.6 Å². The van der Waals surface area contributed by atoms with Crippen molar-refractivity contribution in [3.63, 3.8) is 0 Å². The first-order valence-electron chi connectivity index (χ1n) is 6.72. The molecule has 1 amide bonds. The molecule has 1 N–H and O–H groups in total. The zero-order valence-electron chi connectivity index (χ0n) is 12.0. The van der Waals surface area contributed by atoms with Gasteiger partial charge in [-0.15, -0.1) is 0 Å². The minimum absolute atomic E-state index is 0.158. The molecule has 21 heavy (non-hydrogen) atoms. The molecule has 5 heteroatoms. The van der Waals surface area contributed by atoms with Gasteiger partial charge in [-0.3, -0.25) is 9.78 Å². The maximum absolute atomic E-state index is 12.2. The summed E-state index contributed by atoms with van der Waals surface area (Å²) < 4.78 is 5.41. The highest BCUT2D eigenvalue weighted by atomic mass is 35.5. The zero-order chi connectivity index (χ0) is 15.2. The molecule has 0 saturated heterocycles. The van der Waals surface area contributed by atoms with Crippen molar-refractivity contribution in [2.75, 3.05) is 6.61 Å². The van der Waals surface area contributed by atoms with E-state index in [1.54, 1.807) is 24.5 Å². The fourth-order valence-corrected chi connectivity index (χ4v) is 2.16. The summed E-state index contributed by atoms with van der Waals surface area (Å²) in [4.78, 5) is 16.2. The molecular weight excluding hydrogens is 288 g/mol. The summed E-state index contributed by atoms with van der Waals surface area (Å²) in [6.07, 6.45) is 3.39. The molecule has 0 spiro atoms. The van der Waals surface area contributed by atoms with E-state index in [2.05, 4.69) is 10.3 Å². The van der Waals surface area contributed by atoms with Crippen molar-refractivity contribution in [1.29, 1.82) is 0 Å². The number of carbonyl (C=O) groups excluding carboxylic acids is 1. The number of pyridine rings is 1. The third kappa shape index (κ3) is 3.95. The van der Waals surface area contributed by atoms with Gasteiger partial charge >= 0.3 is 0 Å². The van der Waals surface area contributed by atoms with Gasteiger partial charge in [0.05, 0.1) is 11.6 Å². The van der Waals surface area contributed by atoms with Gasteiger partial charge in [0, 0.05) is 24.5 Å².